The molecular weight excluding hydrogens is 338 g/mol. The van der Waals surface area contributed by atoms with E-state index in [0.29, 0.717) is 6.54 Å². The molecule has 0 bridgehead atoms. The van der Waals surface area contributed by atoms with Crippen LogP contribution in [0.3, 0.4) is 0 Å². The predicted molar refractivity (Wildman–Crippen MR) is 116 cm³/mol. The average Bonchev–Trinajstić information content (AvgIpc) is 2.69. The van der Waals surface area contributed by atoms with Gasteiger partial charge in [0.2, 0.25) is 0 Å². The summed E-state index contributed by atoms with van der Waals surface area (Å²) in [6.45, 7) is 2.84. The Morgan fingerprint density at radius 2 is 1.11 bits per heavy atom. The van der Waals surface area contributed by atoms with Gasteiger partial charge in [0, 0.05) is 12.6 Å². The Hall–Kier alpha value is -0.200. The molecule has 0 aliphatic heterocycles. The van der Waals surface area contributed by atoms with Gasteiger partial charge in [-0.25, -0.2) is 5.01 Å². The molecule has 5 nitrogen and oxygen atoms in total. The third-order valence-electron chi connectivity index (χ3n) is 5.55. The number of hydrazine groups is 2. The number of rotatable bonds is 22. The number of hydrogen-bond acceptors (Lipinski definition) is 5. The molecule has 5 N–H and O–H groups in total. The molecule has 0 aromatic heterocycles. The summed E-state index contributed by atoms with van der Waals surface area (Å²) in [5, 5.41) is 20.2. The summed E-state index contributed by atoms with van der Waals surface area (Å²) in [6, 6.07) is -0.00575. The van der Waals surface area contributed by atoms with E-state index in [0.717, 1.165) is 12.8 Å². The minimum absolute atomic E-state index is 0.00575. The molecule has 0 radical (unpaired) electrons. The van der Waals surface area contributed by atoms with Crippen LogP contribution < -0.4 is 11.4 Å². The highest BCUT2D eigenvalue weighted by molar-refractivity contribution is 4.67. The minimum atomic E-state index is -0.00575. The van der Waals surface area contributed by atoms with Gasteiger partial charge in [-0.3, -0.25) is 5.84 Å². The first-order valence-electron chi connectivity index (χ1n) is 11.7. The summed E-state index contributed by atoms with van der Waals surface area (Å²) in [4.78, 5) is 0. The average molecular weight is 388 g/mol. The van der Waals surface area contributed by atoms with Crippen LogP contribution in [0.4, 0.5) is 0 Å². The van der Waals surface area contributed by atoms with E-state index < -0.39 is 0 Å². The monoisotopic (exact) mass is 387 g/mol. The zero-order valence-corrected chi connectivity index (χ0v) is 18.1. The predicted octanol–water partition coefficient (Wildman–Crippen LogP) is 4.67. The summed E-state index contributed by atoms with van der Waals surface area (Å²) >= 11 is 0. The van der Waals surface area contributed by atoms with Crippen LogP contribution in [0.25, 0.3) is 0 Å². The number of unbranched alkanes of at least 4 members (excludes halogenated alkanes) is 15. The third-order valence-corrected chi connectivity index (χ3v) is 5.55. The van der Waals surface area contributed by atoms with Crippen molar-refractivity contribution in [2.45, 2.75) is 122 Å². The largest absolute Gasteiger partial charge is 0.395 e. The summed E-state index contributed by atoms with van der Waals surface area (Å²) in [6.07, 6.45) is 22.8. The number of nitrogens with two attached hydrogens (primary N) is 1. The molecule has 0 aliphatic carbocycles. The van der Waals surface area contributed by atoms with Crippen molar-refractivity contribution in [3.63, 3.8) is 0 Å². The Bertz CT molecular complexity index is 280. The van der Waals surface area contributed by atoms with E-state index in [1.165, 1.54) is 96.3 Å². The molecule has 0 aromatic rings. The van der Waals surface area contributed by atoms with E-state index in [-0.39, 0.29) is 19.3 Å². The van der Waals surface area contributed by atoms with Crippen LogP contribution >= 0.6 is 0 Å². The molecule has 0 amide bonds. The van der Waals surface area contributed by atoms with E-state index in [4.69, 9.17) is 10.9 Å². The van der Waals surface area contributed by atoms with Crippen molar-refractivity contribution in [2.24, 2.45) is 5.84 Å². The zero-order chi connectivity index (χ0) is 20.0. The highest BCUT2D eigenvalue weighted by atomic mass is 16.3. The summed E-state index contributed by atoms with van der Waals surface area (Å²) in [7, 11) is 0. The lowest BCUT2D eigenvalue weighted by Crippen LogP contribution is -2.52. The van der Waals surface area contributed by atoms with Crippen LogP contribution in [-0.2, 0) is 0 Å². The van der Waals surface area contributed by atoms with Crippen molar-refractivity contribution in [3.05, 3.63) is 0 Å². The van der Waals surface area contributed by atoms with Crippen LogP contribution in [0.15, 0.2) is 0 Å². The molecule has 0 aromatic carbocycles. The Morgan fingerprint density at radius 1 is 0.704 bits per heavy atom. The number of nitrogens with zero attached hydrogens (tertiary/aromatic N) is 1. The van der Waals surface area contributed by atoms with Gasteiger partial charge in [0.15, 0.2) is 0 Å². The first-order chi connectivity index (χ1) is 13.3. The van der Waals surface area contributed by atoms with Gasteiger partial charge in [0.1, 0.15) is 0 Å². The van der Waals surface area contributed by atoms with Crippen molar-refractivity contribution in [3.8, 4) is 0 Å². The molecule has 0 aliphatic rings. The van der Waals surface area contributed by atoms with Gasteiger partial charge in [-0.05, 0) is 6.42 Å². The van der Waals surface area contributed by atoms with E-state index >= 15 is 0 Å². The van der Waals surface area contributed by atoms with Crippen molar-refractivity contribution in [2.75, 3.05) is 19.8 Å². The normalized spacial score (nSPS) is 12.8. The van der Waals surface area contributed by atoms with E-state index in [1.54, 1.807) is 5.01 Å². The minimum Gasteiger partial charge on any atom is -0.395 e. The van der Waals surface area contributed by atoms with Gasteiger partial charge in [-0.15, -0.1) is 0 Å². The smallest absolute Gasteiger partial charge is 0.0601 e. The number of aliphatic hydroxyl groups is 2. The van der Waals surface area contributed by atoms with Gasteiger partial charge in [-0.1, -0.05) is 110 Å². The van der Waals surface area contributed by atoms with Crippen LogP contribution in [0, 0.1) is 0 Å². The first kappa shape index (κ1) is 26.8. The zero-order valence-electron chi connectivity index (χ0n) is 18.1. The van der Waals surface area contributed by atoms with Gasteiger partial charge in [-0.2, -0.15) is 5.53 Å². The molecule has 0 rings (SSSR count). The van der Waals surface area contributed by atoms with Gasteiger partial charge >= 0.3 is 0 Å². The molecule has 27 heavy (non-hydrogen) atoms. The van der Waals surface area contributed by atoms with Crippen molar-refractivity contribution >= 4 is 0 Å². The number of nitrogens with one attached hydrogen (secondary N) is 1. The van der Waals surface area contributed by atoms with Crippen LogP contribution in [-0.4, -0.2) is 41.0 Å². The molecule has 0 saturated heterocycles. The summed E-state index contributed by atoms with van der Waals surface area (Å²) in [5.74, 6) is 5.45. The maximum atomic E-state index is 9.46. The SMILES string of the molecule is CCCCCCCCCCCCCCCCCCC(CO)N(CCO)NN. The summed E-state index contributed by atoms with van der Waals surface area (Å²) in [5.41, 5.74) is 2.57. The maximum Gasteiger partial charge on any atom is 0.0601 e. The van der Waals surface area contributed by atoms with Crippen molar-refractivity contribution < 1.29 is 10.2 Å². The Kier molecular flexibility index (Phi) is 21.9. The molecule has 164 valence electrons. The maximum absolute atomic E-state index is 9.46. The molecule has 5 heteroatoms. The quantitative estimate of drug-likeness (QED) is 0.123. The van der Waals surface area contributed by atoms with Crippen LogP contribution in [0.1, 0.15) is 116 Å². The highest BCUT2D eigenvalue weighted by Gasteiger charge is 2.15. The van der Waals surface area contributed by atoms with Gasteiger partial charge < -0.3 is 10.2 Å². The second-order valence-corrected chi connectivity index (χ2v) is 7.97. The van der Waals surface area contributed by atoms with Gasteiger partial charge in [0.25, 0.3) is 0 Å². The Labute approximate surface area is 169 Å². The highest BCUT2D eigenvalue weighted by Crippen LogP contribution is 2.15. The van der Waals surface area contributed by atoms with E-state index in [9.17, 15) is 5.11 Å². The fourth-order valence-corrected chi connectivity index (χ4v) is 3.73. The molecule has 0 heterocycles. The standard InChI is InChI=1S/C22H49N3O2/c1-2-3-4-5-6-7-8-9-10-11-12-13-14-15-16-17-18-22(21-27)25(24-23)19-20-26/h22,24,26-27H,2-21,23H2,1H3. The van der Waals surface area contributed by atoms with Crippen molar-refractivity contribution in [1.82, 2.24) is 10.5 Å². The van der Waals surface area contributed by atoms with Gasteiger partial charge in [0.05, 0.1) is 13.2 Å². The Morgan fingerprint density at radius 3 is 1.44 bits per heavy atom. The first-order valence-corrected chi connectivity index (χ1v) is 11.7. The number of aliphatic hydroxyl groups excluding tert-OH is 2. The fourth-order valence-electron chi connectivity index (χ4n) is 3.73. The second kappa shape index (κ2) is 22.1. The topological polar surface area (TPSA) is 81.8 Å². The van der Waals surface area contributed by atoms with E-state index in [1.807, 2.05) is 0 Å². The molecule has 1 atom stereocenters. The van der Waals surface area contributed by atoms with Crippen molar-refractivity contribution in [1.29, 1.82) is 0 Å². The Balaban J connectivity index is 3.30. The van der Waals surface area contributed by atoms with Crippen LogP contribution in [0.2, 0.25) is 0 Å². The lowest BCUT2D eigenvalue weighted by atomic mass is 10.0. The molecule has 0 saturated carbocycles. The molecule has 0 spiro atoms. The third kappa shape index (κ3) is 17.6. The second-order valence-electron chi connectivity index (χ2n) is 7.97. The lowest BCUT2D eigenvalue weighted by Gasteiger charge is -2.28. The fraction of sp³-hybridized carbons (Fsp3) is 1.00. The molecular formula is C22H49N3O2. The molecule has 0 fully saturated rings. The summed E-state index contributed by atoms with van der Waals surface area (Å²) < 4.78 is 0. The number of hydrogen-bond donors (Lipinski definition) is 4. The molecule has 1 unspecified atom stereocenters. The van der Waals surface area contributed by atoms with Crippen LogP contribution in [0.5, 0.6) is 0 Å². The lowest BCUT2D eigenvalue weighted by molar-refractivity contribution is 0.0517. The van der Waals surface area contributed by atoms with E-state index in [2.05, 4.69) is 12.5 Å².